The fourth-order valence-electron chi connectivity index (χ4n) is 2.53. The third-order valence-electron chi connectivity index (χ3n) is 3.23. The van der Waals surface area contributed by atoms with Crippen LogP contribution in [0.25, 0.3) is 0 Å². The first-order valence-electron chi connectivity index (χ1n) is 6.66. The Morgan fingerprint density at radius 3 is 2.53 bits per heavy atom. The van der Waals surface area contributed by atoms with E-state index in [-0.39, 0.29) is 25.0 Å². The van der Waals surface area contributed by atoms with E-state index in [4.69, 9.17) is 5.11 Å². The normalized spacial score (nSPS) is 20.2. The van der Waals surface area contributed by atoms with Crippen LogP contribution in [0.3, 0.4) is 0 Å². The van der Waals surface area contributed by atoms with Gasteiger partial charge in [-0.25, -0.2) is 4.79 Å². The molecular formula is C13H24N2O4. The zero-order chi connectivity index (χ0) is 14.6. The lowest BCUT2D eigenvalue weighted by Crippen LogP contribution is -2.52. The zero-order valence-electron chi connectivity index (χ0n) is 11.9. The van der Waals surface area contributed by atoms with Crippen molar-refractivity contribution in [2.24, 2.45) is 0 Å². The minimum atomic E-state index is -0.956. The van der Waals surface area contributed by atoms with Gasteiger partial charge in [-0.2, -0.15) is 0 Å². The van der Waals surface area contributed by atoms with Crippen molar-refractivity contribution in [2.45, 2.75) is 51.2 Å². The molecule has 2 amide bonds. The van der Waals surface area contributed by atoms with E-state index in [0.717, 1.165) is 19.3 Å². The predicted octanol–water partition coefficient (Wildman–Crippen LogP) is 1.14. The smallest absolute Gasteiger partial charge is 0.320 e. The molecule has 0 aromatic carbocycles. The first-order valence-corrected chi connectivity index (χ1v) is 6.66. The summed E-state index contributed by atoms with van der Waals surface area (Å²) in [5.74, 6) is -0.880. The van der Waals surface area contributed by atoms with Crippen LogP contribution < -0.4 is 0 Å². The number of carbonyl (C=O) groups excluding carboxylic acids is 1. The number of nitrogens with zero attached hydrogens (tertiary/aromatic N) is 2. The summed E-state index contributed by atoms with van der Waals surface area (Å²) in [6.07, 6.45) is 2.58. The molecule has 1 rings (SSSR count). The SMILES string of the molecule is CN(CC(C)(C)O)C(=O)N1CCCCC1CC(=O)O. The average Bonchev–Trinajstić information content (AvgIpc) is 2.25. The van der Waals surface area contributed by atoms with E-state index >= 15 is 0 Å². The van der Waals surface area contributed by atoms with E-state index in [1.165, 1.54) is 4.90 Å². The van der Waals surface area contributed by atoms with Crippen molar-refractivity contribution in [1.29, 1.82) is 0 Å². The van der Waals surface area contributed by atoms with Crippen LogP contribution >= 0.6 is 0 Å². The largest absolute Gasteiger partial charge is 0.481 e. The number of carbonyl (C=O) groups is 2. The predicted molar refractivity (Wildman–Crippen MR) is 70.9 cm³/mol. The molecule has 6 heteroatoms. The minimum Gasteiger partial charge on any atom is -0.481 e. The van der Waals surface area contributed by atoms with Crippen LogP contribution in [0.15, 0.2) is 0 Å². The average molecular weight is 272 g/mol. The summed E-state index contributed by atoms with van der Waals surface area (Å²) in [5, 5.41) is 18.6. The van der Waals surface area contributed by atoms with E-state index in [1.807, 2.05) is 0 Å². The van der Waals surface area contributed by atoms with Gasteiger partial charge in [-0.1, -0.05) is 0 Å². The zero-order valence-corrected chi connectivity index (χ0v) is 11.9. The Balaban J connectivity index is 2.68. The highest BCUT2D eigenvalue weighted by Gasteiger charge is 2.31. The van der Waals surface area contributed by atoms with Crippen LogP contribution in [-0.4, -0.2) is 63.8 Å². The number of carboxylic acid groups (broad SMARTS) is 1. The van der Waals surface area contributed by atoms with Crippen molar-refractivity contribution in [3.05, 3.63) is 0 Å². The van der Waals surface area contributed by atoms with Crippen LogP contribution in [0, 0.1) is 0 Å². The standard InChI is InChI=1S/C13H24N2O4/c1-13(2,19)9-14(3)12(18)15-7-5-4-6-10(15)8-11(16)17/h10,19H,4-9H2,1-3H3,(H,16,17). The van der Waals surface area contributed by atoms with E-state index in [2.05, 4.69) is 0 Å². The summed E-state index contributed by atoms with van der Waals surface area (Å²) < 4.78 is 0. The molecule has 1 heterocycles. The Bertz CT molecular complexity index is 338. The monoisotopic (exact) mass is 272 g/mol. The third kappa shape index (κ3) is 5.06. The van der Waals surface area contributed by atoms with Crippen molar-refractivity contribution in [3.63, 3.8) is 0 Å². The summed E-state index contributed by atoms with van der Waals surface area (Å²) in [5.41, 5.74) is -0.956. The van der Waals surface area contributed by atoms with E-state index in [1.54, 1.807) is 25.8 Å². The fraction of sp³-hybridized carbons (Fsp3) is 0.846. The Morgan fingerprint density at radius 2 is 2.00 bits per heavy atom. The molecule has 2 N–H and O–H groups in total. The number of carboxylic acids is 1. The van der Waals surface area contributed by atoms with Crippen molar-refractivity contribution < 1.29 is 19.8 Å². The van der Waals surface area contributed by atoms with Gasteiger partial charge in [-0.3, -0.25) is 4.79 Å². The molecule has 0 aliphatic carbocycles. The van der Waals surface area contributed by atoms with E-state index < -0.39 is 11.6 Å². The summed E-state index contributed by atoms with van der Waals surface area (Å²) in [4.78, 5) is 26.2. The lowest BCUT2D eigenvalue weighted by molar-refractivity contribution is -0.138. The molecule has 1 aliphatic heterocycles. The molecule has 19 heavy (non-hydrogen) atoms. The summed E-state index contributed by atoms with van der Waals surface area (Å²) in [6.45, 7) is 4.10. The van der Waals surface area contributed by atoms with Gasteiger partial charge in [0.1, 0.15) is 0 Å². The number of hydrogen-bond acceptors (Lipinski definition) is 3. The Labute approximate surface area is 114 Å². The van der Waals surface area contributed by atoms with Gasteiger partial charge in [0.05, 0.1) is 18.6 Å². The van der Waals surface area contributed by atoms with Gasteiger partial charge in [0.25, 0.3) is 0 Å². The third-order valence-corrected chi connectivity index (χ3v) is 3.23. The molecule has 1 saturated heterocycles. The quantitative estimate of drug-likeness (QED) is 0.804. The number of likely N-dealkylation sites (tertiary alicyclic amines) is 1. The van der Waals surface area contributed by atoms with Crippen LogP contribution in [0.5, 0.6) is 0 Å². The minimum absolute atomic E-state index is 0.0118. The maximum absolute atomic E-state index is 12.3. The Hall–Kier alpha value is -1.30. The molecule has 0 aromatic heterocycles. The molecule has 0 bridgehead atoms. The molecule has 0 spiro atoms. The van der Waals surface area contributed by atoms with Crippen LogP contribution in [0.4, 0.5) is 4.79 Å². The number of hydrogen-bond donors (Lipinski definition) is 2. The summed E-state index contributed by atoms with van der Waals surface area (Å²) in [7, 11) is 1.63. The molecule has 0 saturated carbocycles. The molecule has 1 aliphatic rings. The lowest BCUT2D eigenvalue weighted by atomic mass is 9.99. The number of urea groups is 1. The van der Waals surface area contributed by atoms with Gasteiger partial charge in [0, 0.05) is 19.6 Å². The first kappa shape index (κ1) is 15.8. The van der Waals surface area contributed by atoms with Gasteiger partial charge >= 0.3 is 12.0 Å². The first-order chi connectivity index (χ1) is 8.70. The summed E-state index contributed by atoms with van der Waals surface area (Å²) >= 11 is 0. The molecule has 1 unspecified atom stereocenters. The highest BCUT2D eigenvalue weighted by atomic mass is 16.4. The molecule has 1 fully saturated rings. The number of rotatable bonds is 4. The highest BCUT2D eigenvalue weighted by Crippen LogP contribution is 2.21. The number of aliphatic carboxylic acids is 1. The molecule has 0 aromatic rings. The van der Waals surface area contributed by atoms with Gasteiger partial charge in [-0.15, -0.1) is 0 Å². The molecule has 110 valence electrons. The molecule has 6 nitrogen and oxygen atoms in total. The second-order valence-electron chi connectivity index (χ2n) is 5.89. The van der Waals surface area contributed by atoms with E-state index in [0.29, 0.717) is 6.54 Å². The lowest BCUT2D eigenvalue weighted by Gasteiger charge is -2.38. The topological polar surface area (TPSA) is 81.1 Å². The molecular weight excluding hydrogens is 248 g/mol. The van der Waals surface area contributed by atoms with Crippen molar-refractivity contribution in [2.75, 3.05) is 20.1 Å². The van der Waals surface area contributed by atoms with Crippen LogP contribution in [0.1, 0.15) is 39.5 Å². The second kappa shape index (κ2) is 6.23. The Kier molecular flexibility index (Phi) is 5.17. The number of aliphatic hydroxyl groups is 1. The Morgan fingerprint density at radius 1 is 1.37 bits per heavy atom. The number of piperidine rings is 1. The maximum atomic E-state index is 12.3. The fourth-order valence-corrected chi connectivity index (χ4v) is 2.53. The molecule has 1 atom stereocenters. The maximum Gasteiger partial charge on any atom is 0.320 e. The van der Waals surface area contributed by atoms with Crippen LogP contribution in [-0.2, 0) is 4.79 Å². The van der Waals surface area contributed by atoms with Gasteiger partial charge in [0.15, 0.2) is 0 Å². The number of amides is 2. The summed E-state index contributed by atoms with van der Waals surface area (Å²) in [6, 6.07) is -0.434. The van der Waals surface area contributed by atoms with Crippen LogP contribution in [0.2, 0.25) is 0 Å². The molecule has 0 radical (unpaired) electrons. The van der Waals surface area contributed by atoms with Gasteiger partial charge in [-0.05, 0) is 33.1 Å². The van der Waals surface area contributed by atoms with Crippen molar-refractivity contribution in [3.8, 4) is 0 Å². The number of likely N-dealkylation sites (N-methyl/N-ethyl adjacent to an activating group) is 1. The second-order valence-corrected chi connectivity index (χ2v) is 5.89. The van der Waals surface area contributed by atoms with E-state index in [9.17, 15) is 14.7 Å². The van der Waals surface area contributed by atoms with Crippen molar-refractivity contribution in [1.82, 2.24) is 9.80 Å². The van der Waals surface area contributed by atoms with Gasteiger partial charge in [0.2, 0.25) is 0 Å². The van der Waals surface area contributed by atoms with Gasteiger partial charge < -0.3 is 20.0 Å². The van der Waals surface area contributed by atoms with Crippen molar-refractivity contribution >= 4 is 12.0 Å². The highest BCUT2D eigenvalue weighted by molar-refractivity contribution is 5.76.